The first-order valence-corrected chi connectivity index (χ1v) is 6.24. The van der Waals surface area contributed by atoms with Crippen LogP contribution in [0.2, 0.25) is 10.0 Å². The highest BCUT2D eigenvalue weighted by atomic mass is 35.5. The number of aliphatic carboxylic acids is 1. The Hall–Kier alpha value is -0.930. The Morgan fingerprint density at radius 2 is 2.18 bits per heavy atom. The molecule has 0 saturated carbocycles. The van der Waals surface area contributed by atoms with Crippen molar-refractivity contribution in [3.63, 3.8) is 0 Å². The van der Waals surface area contributed by atoms with Crippen molar-refractivity contribution in [2.45, 2.75) is 32.2 Å². The van der Waals surface area contributed by atoms with Gasteiger partial charge in [0.05, 0.1) is 10.7 Å². The summed E-state index contributed by atoms with van der Waals surface area (Å²) in [5.74, 6) is -0.871. The Morgan fingerprint density at radius 1 is 1.47 bits per heavy atom. The highest BCUT2D eigenvalue weighted by molar-refractivity contribution is 6.36. The molecule has 0 aromatic heterocycles. The summed E-state index contributed by atoms with van der Waals surface area (Å²) in [4.78, 5) is 11.1. The molecule has 0 aliphatic heterocycles. The van der Waals surface area contributed by atoms with Gasteiger partial charge in [0.25, 0.3) is 0 Å². The Bertz CT molecular complexity index is 396. The lowest BCUT2D eigenvalue weighted by atomic mass is 10.1. The highest BCUT2D eigenvalue weighted by Gasteiger charge is 2.17. The van der Waals surface area contributed by atoms with Crippen LogP contribution in [0, 0.1) is 0 Å². The van der Waals surface area contributed by atoms with Gasteiger partial charge in [-0.25, -0.2) is 4.79 Å². The van der Waals surface area contributed by atoms with E-state index >= 15 is 0 Å². The molecule has 5 heteroatoms. The summed E-state index contributed by atoms with van der Waals surface area (Å²) < 4.78 is 0. The Morgan fingerprint density at radius 3 is 2.71 bits per heavy atom. The van der Waals surface area contributed by atoms with E-state index in [1.54, 1.807) is 18.2 Å². The third-order valence-electron chi connectivity index (χ3n) is 2.41. The average molecular weight is 276 g/mol. The first kappa shape index (κ1) is 14.1. The number of rotatable bonds is 6. The fourth-order valence-corrected chi connectivity index (χ4v) is 1.92. The van der Waals surface area contributed by atoms with Gasteiger partial charge < -0.3 is 10.4 Å². The molecule has 2 N–H and O–H groups in total. The van der Waals surface area contributed by atoms with Crippen molar-refractivity contribution < 1.29 is 9.90 Å². The summed E-state index contributed by atoms with van der Waals surface area (Å²) in [6, 6.07) is 4.33. The normalized spacial score (nSPS) is 12.2. The van der Waals surface area contributed by atoms with Crippen molar-refractivity contribution in [2.75, 3.05) is 5.32 Å². The van der Waals surface area contributed by atoms with Crippen LogP contribution in [0.1, 0.15) is 26.2 Å². The number of halogens is 2. The molecule has 0 aliphatic rings. The molecule has 1 aromatic rings. The lowest BCUT2D eigenvalue weighted by molar-refractivity contribution is -0.138. The molecule has 1 rings (SSSR count). The van der Waals surface area contributed by atoms with Gasteiger partial charge in [-0.15, -0.1) is 0 Å². The molecule has 17 heavy (non-hydrogen) atoms. The molecule has 0 saturated heterocycles. The zero-order valence-electron chi connectivity index (χ0n) is 9.54. The summed E-state index contributed by atoms with van der Waals surface area (Å²) in [5, 5.41) is 13.0. The fraction of sp³-hybridized carbons (Fsp3) is 0.417. The predicted molar refractivity (Wildman–Crippen MR) is 71.0 cm³/mol. The van der Waals surface area contributed by atoms with Gasteiger partial charge in [-0.3, -0.25) is 0 Å². The lowest BCUT2D eigenvalue weighted by Crippen LogP contribution is -2.29. The maximum Gasteiger partial charge on any atom is 0.326 e. The number of anilines is 1. The quantitative estimate of drug-likeness (QED) is 0.824. The number of carbonyl (C=O) groups is 1. The van der Waals surface area contributed by atoms with E-state index in [0.717, 1.165) is 12.8 Å². The number of carboxylic acid groups (broad SMARTS) is 1. The molecule has 1 atom stereocenters. The smallest absolute Gasteiger partial charge is 0.326 e. The van der Waals surface area contributed by atoms with Gasteiger partial charge in [0.1, 0.15) is 6.04 Å². The second-order valence-electron chi connectivity index (χ2n) is 3.80. The van der Waals surface area contributed by atoms with Gasteiger partial charge in [0.2, 0.25) is 0 Å². The zero-order valence-corrected chi connectivity index (χ0v) is 11.1. The van der Waals surface area contributed by atoms with E-state index < -0.39 is 12.0 Å². The summed E-state index contributed by atoms with van der Waals surface area (Å²) in [7, 11) is 0. The minimum atomic E-state index is -0.871. The van der Waals surface area contributed by atoms with E-state index in [9.17, 15) is 4.79 Å². The van der Waals surface area contributed by atoms with Crippen LogP contribution in [0.15, 0.2) is 18.2 Å². The van der Waals surface area contributed by atoms with Crippen LogP contribution in [0.4, 0.5) is 5.69 Å². The molecule has 0 bridgehead atoms. The van der Waals surface area contributed by atoms with Crippen molar-refractivity contribution in [1.82, 2.24) is 0 Å². The maximum atomic E-state index is 11.1. The standard InChI is InChI=1S/C12H15Cl2NO2/c1-2-3-4-11(12(16)17)15-10-6-5-8(13)7-9(10)14/h5-7,11,15H,2-4H2,1H3,(H,16,17). The van der Waals surface area contributed by atoms with E-state index in [1.165, 1.54) is 0 Å². The SMILES string of the molecule is CCCCC(Nc1ccc(Cl)cc1Cl)C(=O)O. The van der Waals surface area contributed by atoms with Crippen molar-refractivity contribution in [3.8, 4) is 0 Å². The maximum absolute atomic E-state index is 11.1. The fourth-order valence-electron chi connectivity index (χ4n) is 1.46. The Kier molecular flexibility index (Phi) is 5.59. The molecule has 0 fully saturated rings. The number of carboxylic acids is 1. The molecule has 94 valence electrons. The predicted octanol–water partition coefficient (Wildman–Crippen LogP) is 4.05. The second-order valence-corrected chi connectivity index (χ2v) is 4.65. The monoisotopic (exact) mass is 275 g/mol. The van der Waals surface area contributed by atoms with Gasteiger partial charge >= 0.3 is 5.97 Å². The van der Waals surface area contributed by atoms with E-state index in [2.05, 4.69) is 5.32 Å². The minimum absolute atomic E-state index is 0.431. The van der Waals surface area contributed by atoms with Crippen LogP contribution >= 0.6 is 23.2 Å². The number of benzene rings is 1. The summed E-state index contributed by atoms with van der Waals surface area (Å²) in [6.07, 6.45) is 2.39. The van der Waals surface area contributed by atoms with Crippen LogP contribution in [-0.2, 0) is 4.79 Å². The van der Waals surface area contributed by atoms with Crippen LogP contribution in [0.5, 0.6) is 0 Å². The molecule has 0 amide bonds. The van der Waals surface area contributed by atoms with Gasteiger partial charge in [0.15, 0.2) is 0 Å². The van der Waals surface area contributed by atoms with Gasteiger partial charge in [-0.2, -0.15) is 0 Å². The largest absolute Gasteiger partial charge is 0.480 e. The zero-order chi connectivity index (χ0) is 12.8. The van der Waals surface area contributed by atoms with E-state index in [0.29, 0.717) is 22.2 Å². The van der Waals surface area contributed by atoms with Crippen molar-refractivity contribution in [3.05, 3.63) is 28.2 Å². The van der Waals surface area contributed by atoms with Crippen molar-refractivity contribution in [2.24, 2.45) is 0 Å². The summed E-state index contributed by atoms with van der Waals surface area (Å²) in [5.41, 5.74) is 0.597. The summed E-state index contributed by atoms with van der Waals surface area (Å²) >= 11 is 11.7. The molecule has 0 radical (unpaired) electrons. The molecule has 3 nitrogen and oxygen atoms in total. The molecule has 1 aromatic carbocycles. The average Bonchev–Trinajstić information content (AvgIpc) is 2.26. The van der Waals surface area contributed by atoms with Gasteiger partial charge in [-0.1, -0.05) is 43.0 Å². The molecule has 0 heterocycles. The van der Waals surface area contributed by atoms with Gasteiger partial charge in [-0.05, 0) is 24.6 Å². The third kappa shape index (κ3) is 4.44. The van der Waals surface area contributed by atoms with Crippen molar-refractivity contribution in [1.29, 1.82) is 0 Å². The molecule has 1 unspecified atom stereocenters. The highest BCUT2D eigenvalue weighted by Crippen LogP contribution is 2.26. The topological polar surface area (TPSA) is 49.3 Å². The van der Waals surface area contributed by atoms with E-state index in [1.807, 2.05) is 6.92 Å². The third-order valence-corrected chi connectivity index (χ3v) is 2.95. The van der Waals surface area contributed by atoms with Crippen LogP contribution < -0.4 is 5.32 Å². The number of nitrogens with one attached hydrogen (secondary N) is 1. The summed E-state index contributed by atoms with van der Waals surface area (Å²) in [6.45, 7) is 2.02. The van der Waals surface area contributed by atoms with Crippen LogP contribution in [0.25, 0.3) is 0 Å². The van der Waals surface area contributed by atoms with Gasteiger partial charge in [0, 0.05) is 5.02 Å². The second kappa shape index (κ2) is 6.72. The molecular weight excluding hydrogens is 261 g/mol. The number of hydrogen-bond acceptors (Lipinski definition) is 2. The van der Waals surface area contributed by atoms with Crippen LogP contribution in [-0.4, -0.2) is 17.1 Å². The van der Waals surface area contributed by atoms with Crippen LogP contribution in [0.3, 0.4) is 0 Å². The van der Waals surface area contributed by atoms with E-state index in [4.69, 9.17) is 28.3 Å². The lowest BCUT2D eigenvalue weighted by Gasteiger charge is -2.16. The Balaban J connectivity index is 2.75. The minimum Gasteiger partial charge on any atom is -0.480 e. The number of hydrogen-bond donors (Lipinski definition) is 2. The van der Waals surface area contributed by atoms with Crippen molar-refractivity contribution >= 4 is 34.9 Å². The molecular formula is C12H15Cl2NO2. The number of unbranched alkanes of at least 4 members (excludes halogenated alkanes) is 1. The van der Waals surface area contributed by atoms with E-state index in [-0.39, 0.29) is 0 Å². The molecule has 0 spiro atoms. The first-order valence-electron chi connectivity index (χ1n) is 5.49. The first-order chi connectivity index (χ1) is 8.04. The Labute approximate surface area is 111 Å². The molecule has 0 aliphatic carbocycles.